The van der Waals surface area contributed by atoms with Gasteiger partial charge in [0.1, 0.15) is 11.2 Å². The van der Waals surface area contributed by atoms with Crippen LogP contribution in [0.15, 0.2) is 22.9 Å². The Bertz CT molecular complexity index is 587. The molecule has 2 heterocycles. The Labute approximate surface area is 110 Å². The number of rotatable bonds is 2. The summed E-state index contributed by atoms with van der Waals surface area (Å²) in [5.41, 5.74) is 4.71. The summed E-state index contributed by atoms with van der Waals surface area (Å²) in [4.78, 5) is 15.8. The summed E-state index contributed by atoms with van der Waals surface area (Å²) in [6, 6.07) is 3.70. The zero-order chi connectivity index (χ0) is 13.2. The van der Waals surface area contributed by atoms with Gasteiger partial charge in [0.25, 0.3) is 0 Å². The molecular weight excluding hydrogens is 244 g/mol. The number of nitrogens with one attached hydrogen (secondary N) is 1. The first-order valence-corrected chi connectivity index (χ1v) is 6.50. The van der Waals surface area contributed by atoms with Gasteiger partial charge in [-0.3, -0.25) is 15.2 Å². The van der Waals surface area contributed by atoms with Crippen molar-refractivity contribution in [3.8, 4) is 0 Å². The van der Waals surface area contributed by atoms with Crippen LogP contribution in [0.1, 0.15) is 37.3 Å². The molecule has 1 fully saturated rings. The number of pyridine rings is 1. The Kier molecular flexibility index (Phi) is 3.16. The van der Waals surface area contributed by atoms with Gasteiger partial charge in [-0.15, -0.1) is 0 Å². The molecule has 0 unspecified atom stereocenters. The quantitative estimate of drug-likeness (QED) is 0.484. The standard InChI is InChI=1S/C13H16N4O2/c14-16-13(18)9-5-3-8(4-6-9)11-12-10(19-17-11)2-1-7-15-12/h1-2,7-9H,3-6,14H2,(H,16,18)/t8-,9-. The number of fused-ring (bicyclic) bond motifs is 1. The molecule has 0 bridgehead atoms. The number of hydrogen-bond acceptors (Lipinski definition) is 5. The maximum absolute atomic E-state index is 11.5. The van der Waals surface area contributed by atoms with E-state index in [1.165, 1.54) is 0 Å². The third-order valence-corrected chi connectivity index (χ3v) is 3.88. The first-order chi connectivity index (χ1) is 9.29. The van der Waals surface area contributed by atoms with Crippen molar-refractivity contribution in [1.29, 1.82) is 0 Å². The largest absolute Gasteiger partial charge is 0.354 e. The molecular formula is C13H16N4O2. The highest BCUT2D eigenvalue weighted by Gasteiger charge is 2.29. The molecule has 0 aromatic carbocycles. The van der Waals surface area contributed by atoms with E-state index in [1.54, 1.807) is 6.20 Å². The number of aromatic nitrogens is 2. The van der Waals surface area contributed by atoms with Crippen LogP contribution in [0.3, 0.4) is 0 Å². The highest BCUT2D eigenvalue weighted by atomic mass is 16.5. The predicted octanol–water partition coefficient (Wildman–Crippen LogP) is 1.49. The summed E-state index contributed by atoms with van der Waals surface area (Å²) < 4.78 is 5.29. The smallest absolute Gasteiger partial charge is 0.236 e. The lowest BCUT2D eigenvalue weighted by atomic mass is 9.80. The zero-order valence-corrected chi connectivity index (χ0v) is 10.5. The number of carbonyl (C=O) groups is 1. The first kappa shape index (κ1) is 12.1. The molecule has 2 aromatic rings. The summed E-state index contributed by atoms with van der Waals surface area (Å²) >= 11 is 0. The van der Waals surface area contributed by atoms with Crippen molar-refractivity contribution in [3.05, 3.63) is 24.0 Å². The van der Waals surface area contributed by atoms with E-state index in [2.05, 4.69) is 15.6 Å². The van der Waals surface area contributed by atoms with E-state index in [0.717, 1.165) is 42.5 Å². The van der Waals surface area contributed by atoms with Gasteiger partial charge in [-0.2, -0.15) is 0 Å². The zero-order valence-electron chi connectivity index (χ0n) is 10.5. The van der Waals surface area contributed by atoms with Crippen molar-refractivity contribution in [1.82, 2.24) is 15.6 Å². The van der Waals surface area contributed by atoms with Crippen LogP contribution >= 0.6 is 0 Å². The van der Waals surface area contributed by atoms with Crippen molar-refractivity contribution < 1.29 is 9.32 Å². The fourth-order valence-corrected chi connectivity index (χ4v) is 2.81. The minimum Gasteiger partial charge on any atom is -0.354 e. The first-order valence-electron chi connectivity index (χ1n) is 6.50. The normalized spacial score (nSPS) is 23.4. The third kappa shape index (κ3) is 2.19. The molecule has 100 valence electrons. The van der Waals surface area contributed by atoms with Gasteiger partial charge in [0.2, 0.25) is 5.91 Å². The summed E-state index contributed by atoms with van der Waals surface area (Å²) in [7, 11) is 0. The van der Waals surface area contributed by atoms with E-state index in [1.807, 2.05) is 12.1 Å². The average molecular weight is 260 g/mol. The monoisotopic (exact) mass is 260 g/mol. The van der Waals surface area contributed by atoms with Crippen LogP contribution in [-0.4, -0.2) is 16.0 Å². The maximum Gasteiger partial charge on any atom is 0.236 e. The van der Waals surface area contributed by atoms with Gasteiger partial charge in [0.15, 0.2) is 5.58 Å². The molecule has 1 saturated carbocycles. The molecule has 2 aromatic heterocycles. The molecule has 0 spiro atoms. The van der Waals surface area contributed by atoms with Crippen LogP contribution in [0.5, 0.6) is 0 Å². The Morgan fingerprint density at radius 1 is 1.37 bits per heavy atom. The summed E-state index contributed by atoms with van der Waals surface area (Å²) in [5.74, 6) is 5.44. The fourth-order valence-electron chi connectivity index (χ4n) is 2.81. The predicted molar refractivity (Wildman–Crippen MR) is 68.8 cm³/mol. The Morgan fingerprint density at radius 2 is 2.16 bits per heavy atom. The molecule has 1 aliphatic carbocycles. The Hall–Kier alpha value is -1.95. The van der Waals surface area contributed by atoms with E-state index in [9.17, 15) is 4.79 Å². The molecule has 1 amide bonds. The lowest BCUT2D eigenvalue weighted by Gasteiger charge is -2.25. The minimum atomic E-state index is -0.0680. The SMILES string of the molecule is NNC(=O)[C@H]1CC[C@H](c2noc3cccnc32)CC1. The van der Waals surface area contributed by atoms with E-state index in [4.69, 9.17) is 10.4 Å². The topological polar surface area (TPSA) is 94.0 Å². The Balaban J connectivity index is 1.77. The second-order valence-corrected chi connectivity index (χ2v) is 4.98. The van der Waals surface area contributed by atoms with Gasteiger partial charge in [0.05, 0.1) is 0 Å². The lowest BCUT2D eigenvalue weighted by Crippen LogP contribution is -2.37. The molecule has 0 saturated heterocycles. The number of carbonyl (C=O) groups excluding carboxylic acids is 1. The molecule has 0 atom stereocenters. The second kappa shape index (κ2) is 4.97. The Morgan fingerprint density at radius 3 is 2.89 bits per heavy atom. The highest BCUT2D eigenvalue weighted by Crippen LogP contribution is 2.37. The van der Waals surface area contributed by atoms with E-state index < -0.39 is 0 Å². The van der Waals surface area contributed by atoms with Gasteiger partial charge < -0.3 is 4.52 Å². The summed E-state index contributed by atoms with van der Waals surface area (Å²) in [5, 5.41) is 4.15. The van der Waals surface area contributed by atoms with Crippen LogP contribution in [-0.2, 0) is 4.79 Å². The molecule has 0 radical (unpaired) electrons. The lowest BCUT2D eigenvalue weighted by molar-refractivity contribution is -0.126. The molecule has 3 N–H and O–H groups in total. The molecule has 6 heteroatoms. The van der Waals surface area contributed by atoms with Crippen LogP contribution in [0.4, 0.5) is 0 Å². The fraction of sp³-hybridized carbons (Fsp3) is 0.462. The van der Waals surface area contributed by atoms with Crippen molar-refractivity contribution in [2.45, 2.75) is 31.6 Å². The summed E-state index contributed by atoms with van der Waals surface area (Å²) in [6.45, 7) is 0. The van der Waals surface area contributed by atoms with Gasteiger partial charge in [-0.05, 0) is 37.8 Å². The van der Waals surface area contributed by atoms with Gasteiger partial charge in [-0.25, -0.2) is 5.84 Å². The van der Waals surface area contributed by atoms with Gasteiger partial charge in [0, 0.05) is 18.0 Å². The average Bonchev–Trinajstić information content (AvgIpc) is 2.90. The van der Waals surface area contributed by atoms with E-state index in [-0.39, 0.29) is 11.8 Å². The third-order valence-electron chi connectivity index (χ3n) is 3.88. The number of nitrogens with two attached hydrogens (primary N) is 1. The number of hydrazine groups is 1. The molecule has 1 aliphatic rings. The summed E-state index contributed by atoms with van der Waals surface area (Å²) in [6.07, 6.45) is 5.23. The van der Waals surface area contributed by atoms with Crippen LogP contribution in [0, 0.1) is 5.92 Å². The highest BCUT2D eigenvalue weighted by molar-refractivity contribution is 5.78. The van der Waals surface area contributed by atoms with Crippen molar-refractivity contribution in [3.63, 3.8) is 0 Å². The van der Waals surface area contributed by atoms with E-state index >= 15 is 0 Å². The molecule has 3 rings (SSSR count). The van der Waals surface area contributed by atoms with E-state index in [0.29, 0.717) is 5.92 Å². The van der Waals surface area contributed by atoms with Crippen LogP contribution < -0.4 is 11.3 Å². The van der Waals surface area contributed by atoms with Crippen LogP contribution in [0.25, 0.3) is 11.1 Å². The van der Waals surface area contributed by atoms with Crippen molar-refractivity contribution in [2.24, 2.45) is 11.8 Å². The van der Waals surface area contributed by atoms with Crippen LogP contribution in [0.2, 0.25) is 0 Å². The molecule has 6 nitrogen and oxygen atoms in total. The van der Waals surface area contributed by atoms with Gasteiger partial charge >= 0.3 is 0 Å². The maximum atomic E-state index is 11.5. The number of hydrogen-bond donors (Lipinski definition) is 2. The van der Waals surface area contributed by atoms with Gasteiger partial charge in [-0.1, -0.05) is 5.16 Å². The number of nitrogens with zero attached hydrogens (tertiary/aromatic N) is 2. The molecule has 19 heavy (non-hydrogen) atoms. The number of amides is 1. The molecule has 0 aliphatic heterocycles. The minimum absolute atomic E-state index is 0.0207. The second-order valence-electron chi connectivity index (χ2n) is 4.98. The van der Waals surface area contributed by atoms with Crippen molar-refractivity contribution >= 4 is 17.0 Å². The van der Waals surface area contributed by atoms with Crippen molar-refractivity contribution in [2.75, 3.05) is 0 Å².